The van der Waals surface area contributed by atoms with Gasteiger partial charge in [0, 0.05) is 17.8 Å². The van der Waals surface area contributed by atoms with Crippen LogP contribution in [-0.2, 0) is 14.3 Å². The summed E-state index contributed by atoms with van der Waals surface area (Å²) in [6.07, 6.45) is -2.75. The zero-order chi connectivity index (χ0) is 14.7. The van der Waals surface area contributed by atoms with Gasteiger partial charge in [0.2, 0.25) is 0 Å². The van der Waals surface area contributed by atoms with Crippen molar-refractivity contribution in [3.05, 3.63) is 34.3 Å². The van der Waals surface area contributed by atoms with E-state index in [1.807, 2.05) is 24.3 Å². The molecule has 5 nitrogen and oxygen atoms in total. The number of benzene rings is 1. The van der Waals surface area contributed by atoms with Gasteiger partial charge in [-0.05, 0) is 17.7 Å². The first-order chi connectivity index (χ1) is 9.47. The van der Waals surface area contributed by atoms with Crippen molar-refractivity contribution < 1.29 is 24.5 Å². The Kier molecular flexibility index (Phi) is 5.15. The second-order valence-corrected chi connectivity index (χ2v) is 5.75. The second kappa shape index (κ2) is 6.67. The third kappa shape index (κ3) is 3.79. The molecule has 4 atom stereocenters. The Bertz CT molecular complexity index is 478. The van der Waals surface area contributed by atoms with Crippen LogP contribution in [0.25, 0.3) is 0 Å². The van der Waals surface area contributed by atoms with Crippen LogP contribution in [0.5, 0.6) is 0 Å². The summed E-state index contributed by atoms with van der Waals surface area (Å²) in [5, 5.41) is 20.0. The zero-order valence-electron chi connectivity index (χ0n) is 11.0. The highest BCUT2D eigenvalue weighted by atomic mass is 79.9. The molecule has 1 heterocycles. The molecule has 2 rings (SSSR count). The van der Waals surface area contributed by atoms with Crippen LogP contribution in [-0.4, -0.2) is 41.1 Å². The molecule has 6 heteroatoms. The van der Waals surface area contributed by atoms with Crippen LogP contribution in [0.4, 0.5) is 0 Å². The molecular weight excluding hydrogens is 328 g/mol. The SMILES string of the molecule is CC(=O)OC[C@@H]1CC(O)[C@H](O)[C@@H](c2cccc(Br)c2)O1. The number of esters is 1. The van der Waals surface area contributed by atoms with E-state index in [0.717, 1.165) is 10.0 Å². The van der Waals surface area contributed by atoms with Crippen LogP contribution in [0.1, 0.15) is 25.0 Å². The number of rotatable bonds is 3. The van der Waals surface area contributed by atoms with Crippen LogP contribution in [0.2, 0.25) is 0 Å². The fraction of sp³-hybridized carbons (Fsp3) is 0.500. The summed E-state index contributed by atoms with van der Waals surface area (Å²) in [5.74, 6) is -0.395. The average molecular weight is 345 g/mol. The molecule has 1 unspecified atom stereocenters. The van der Waals surface area contributed by atoms with E-state index in [1.54, 1.807) is 0 Å². The van der Waals surface area contributed by atoms with E-state index in [0.29, 0.717) is 0 Å². The molecule has 20 heavy (non-hydrogen) atoms. The van der Waals surface area contributed by atoms with Gasteiger partial charge in [-0.15, -0.1) is 0 Å². The lowest BCUT2D eigenvalue weighted by Gasteiger charge is -2.37. The Balaban J connectivity index is 2.11. The number of ether oxygens (including phenoxy) is 2. The highest BCUT2D eigenvalue weighted by molar-refractivity contribution is 9.10. The maximum absolute atomic E-state index is 10.8. The third-order valence-corrected chi connectivity index (χ3v) is 3.69. The van der Waals surface area contributed by atoms with Gasteiger partial charge in [0.15, 0.2) is 0 Å². The number of carbonyl (C=O) groups is 1. The predicted molar refractivity (Wildman–Crippen MR) is 75.0 cm³/mol. The van der Waals surface area contributed by atoms with Gasteiger partial charge in [-0.2, -0.15) is 0 Å². The summed E-state index contributed by atoms with van der Waals surface area (Å²) in [5.41, 5.74) is 0.762. The first-order valence-electron chi connectivity index (χ1n) is 6.38. The number of hydrogen-bond acceptors (Lipinski definition) is 5. The van der Waals surface area contributed by atoms with E-state index >= 15 is 0 Å². The molecule has 0 radical (unpaired) electrons. The Morgan fingerprint density at radius 3 is 2.90 bits per heavy atom. The fourth-order valence-electron chi connectivity index (χ4n) is 2.23. The lowest BCUT2D eigenvalue weighted by atomic mass is 9.93. The molecule has 1 fully saturated rings. The van der Waals surface area contributed by atoms with Crippen molar-refractivity contribution in [2.75, 3.05) is 6.61 Å². The van der Waals surface area contributed by atoms with Crippen molar-refractivity contribution in [3.8, 4) is 0 Å². The minimum Gasteiger partial charge on any atom is -0.463 e. The van der Waals surface area contributed by atoms with Crippen molar-refractivity contribution in [3.63, 3.8) is 0 Å². The summed E-state index contributed by atoms with van der Waals surface area (Å²) in [7, 11) is 0. The van der Waals surface area contributed by atoms with Gasteiger partial charge in [-0.3, -0.25) is 4.79 Å². The zero-order valence-corrected chi connectivity index (χ0v) is 12.6. The molecule has 1 aromatic carbocycles. The number of carbonyl (C=O) groups excluding carboxylic acids is 1. The van der Waals surface area contributed by atoms with Crippen LogP contribution >= 0.6 is 15.9 Å². The van der Waals surface area contributed by atoms with Crippen LogP contribution < -0.4 is 0 Å². The van der Waals surface area contributed by atoms with Crippen molar-refractivity contribution in [2.24, 2.45) is 0 Å². The molecular formula is C14H17BrO5. The number of aliphatic hydroxyl groups is 2. The lowest BCUT2D eigenvalue weighted by molar-refractivity contribution is -0.187. The lowest BCUT2D eigenvalue weighted by Crippen LogP contribution is -2.45. The topological polar surface area (TPSA) is 76.0 Å². The minimum atomic E-state index is -1.00. The molecule has 0 bridgehead atoms. The first kappa shape index (κ1) is 15.4. The number of aliphatic hydroxyl groups excluding tert-OH is 2. The molecule has 0 spiro atoms. The highest BCUT2D eigenvalue weighted by Gasteiger charge is 2.38. The van der Waals surface area contributed by atoms with Crippen LogP contribution in [0.15, 0.2) is 28.7 Å². The average Bonchev–Trinajstić information content (AvgIpc) is 2.40. The standard InChI is InChI=1S/C14H17BrO5/c1-8(16)19-7-11-6-12(17)13(18)14(20-11)9-3-2-4-10(15)5-9/h2-5,11-14,17-18H,6-7H2,1H3/t11-,12?,13-,14+/m0/s1. The monoisotopic (exact) mass is 344 g/mol. The smallest absolute Gasteiger partial charge is 0.302 e. The molecule has 1 aliphatic heterocycles. The summed E-state index contributed by atoms with van der Waals surface area (Å²) >= 11 is 3.36. The Hall–Kier alpha value is -0.950. The van der Waals surface area contributed by atoms with E-state index in [4.69, 9.17) is 9.47 Å². The van der Waals surface area contributed by atoms with Crippen molar-refractivity contribution in [2.45, 2.75) is 37.8 Å². The molecule has 110 valence electrons. The summed E-state index contributed by atoms with van der Waals surface area (Å²) in [6, 6.07) is 7.34. The predicted octanol–water partition coefficient (Wildman–Crippen LogP) is 1.56. The number of halogens is 1. The van der Waals surface area contributed by atoms with Gasteiger partial charge in [0.05, 0.1) is 12.2 Å². The first-order valence-corrected chi connectivity index (χ1v) is 7.17. The largest absolute Gasteiger partial charge is 0.463 e. The van der Waals surface area contributed by atoms with E-state index in [1.165, 1.54) is 6.92 Å². The normalized spacial score (nSPS) is 30.0. The summed E-state index contributed by atoms with van der Waals surface area (Å²) in [6.45, 7) is 1.39. The molecule has 2 N–H and O–H groups in total. The fourth-order valence-corrected chi connectivity index (χ4v) is 2.65. The molecule has 0 aliphatic carbocycles. The van der Waals surface area contributed by atoms with Crippen LogP contribution in [0, 0.1) is 0 Å². The van der Waals surface area contributed by atoms with Crippen LogP contribution in [0.3, 0.4) is 0 Å². The van der Waals surface area contributed by atoms with Crippen molar-refractivity contribution in [1.29, 1.82) is 0 Å². The Morgan fingerprint density at radius 2 is 2.25 bits per heavy atom. The van der Waals surface area contributed by atoms with Gasteiger partial charge in [-0.25, -0.2) is 0 Å². The van der Waals surface area contributed by atoms with E-state index < -0.39 is 30.4 Å². The van der Waals surface area contributed by atoms with E-state index in [2.05, 4.69) is 15.9 Å². The Labute approximate surface area is 125 Å². The number of hydrogen-bond donors (Lipinski definition) is 2. The highest BCUT2D eigenvalue weighted by Crippen LogP contribution is 2.33. The third-order valence-electron chi connectivity index (χ3n) is 3.20. The molecule has 0 aromatic heterocycles. The quantitative estimate of drug-likeness (QED) is 0.814. The maximum atomic E-state index is 10.8. The summed E-state index contributed by atoms with van der Waals surface area (Å²) < 4.78 is 11.5. The van der Waals surface area contributed by atoms with Gasteiger partial charge in [0.25, 0.3) is 0 Å². The maximum Gasteiger partial charge on any atom is 0.302 e. The van der Waals surface area contributed by atoms with Crippen molar-refractivity contribution in [1.82, 2.24) is 0 Å². The molecule has 1 saturated heterocycles. The van der Waals surface area contributed by atoms with Gasteiger partial charge >= 0.3 is 5.97 Å². The van der Waals surface area contributed by atoms with Gasteiger partial charge < -0.3 is 19.7 Å². The second-order valence-electron chi connectivity index (χ2n) is 4.83. The van der Waals surface area contributed by atoms with Crippen molar-refractivity contribution >= 4 is 21.9 Å². The van der Waals surface area contributed by atoms with E-state index in [9.17, 15) is 15.0 Å². The van der Waals surface area contributed by atoms with E-state index in [-0.39, 0.29) is 13.0 Å². The summed E-state index contributed by atoms with van der Waals surface area (Å²) in [4.78, 5) is 10.8. The minimum absolute atomic E-state index is 0.0730. The molecule has 1 aliphatic rings. The Morgan fingerprint density at radius 1 is 1.50 bits per heavy atom. The van der Waals surface area contributed by atoms with Gasteiger partial charge in [0.1, 0.15) is 18.8 Å². The molecule has 0 amide bonds. The molecule has 1 aromatic rings. The molecule has 0 saturated carbocycles. The van der Waals surface area contributed by atoms with Gasteiger partial charge in [-0.1, -0.05) is 28.1 Å².